The smallest absolute Gasteiger partial charge is 0.319 e. The van der Waals surface area contributed by atoms with Crippen LogP contribution in [0.5, 0.6) is 0 Å². The Morgan fingerprint density at radius 1 is 1.55 bits per heavy atom. The quantitative estimate of drug-likeness (QED) is 0.676. The van der Waals surface area contributed by atoms with Gasteiger partial charge in [-0.05, 0) is 50.1 Å². The molecule has 1 aromatic carbocycles. The summed E-state index contributed by atoms with van der Waals surface area (Å²) in [6.07, 6.45) is 1.55. The Balaban J connectivity index is 1.86. The number of halogens is 1. The summed E-state index contributed by atoms with van der Waals surface area (Å²) in [5.41, 5.74) is 0.309. The molecule has 0 spiro atoms. The Labute approximate surface area is 117 Å². The van der Waals surface area contributed by atoms with Gasteiger partial charge in [-0.1, -0.05) is 0 Å². The van der Waals surface area contributed by atoms with Gasteiger partial charge in [-0.25, -0.2) is 9.18 Å². The molecule has 1 aliphatic heterocycles. The molecule has 0 saturated carbocycles. The highest BCUT2D eigenvalue weighted by molar-refractivity contribution is 5.90. The van der Waals surface area contributed by atoms with E-state index in [1.165, 1.54) is 18.2 Å². The lowest BCUT2D eigenvalue weighted by molar-refractivity contribution is 0.0198. The van der Waals surface area contributed by atoms with E-state index in [9.17, 15) is 14.3 Å². The lowest BCUT2D eigenvalue weighted by Crippen LogP contribution is -2.53. The Morgan fingerprint density at radius 3 is 3.00 bits per heavy atom. The van der Waals surface area contributed by atoms with Gasteiger partial charge in [-0.2, -0.15) is 0 Å². The van der Waals surface area contributed by atoms with E-state index >= 15 is 0 Å². The number of β-amino-alcohol motifs (C(OH)–C–C–N with tert-alkyl or cyclic N) is 1. The molecule has 1 heterocycles. The molecule has 0 aliphatic carbocycles. The molecule has 1 aliphatic rings. The van der Waals surface area contributed by atoms with Gasteiger partial charge in [0.1, 0.15) is 5.82 Å². The molecule has 1 aromatic rings. The first-order valence-corrected chi connectivity index (χ1v) is 6.73. The molecule has 4 N–H and O–H groups in total. The van der Waals surface area contributed by atoms with Crippen molar-refractivity contribution in [2.45, 2.75) is 25.4 Å². The van der Waals surface area contributed by atoms with Crippen LogP contribution in [0.2, 0.25) is 0 Å². The van der Waals surface area contributed by atoms with Gasteiger partial charge in [0.05, 0.1) is 5.60 Å². The number of urea groups is 1. The lowest BCUT2D eigenvalue weighted by Gasteiger charge is -2.32. The number of amides is 2. The third-order valence-corrected chi connectivity index (χ3v) is 3.46. The average molecular weight is 281 g/mol. The number of hydrogen-bond donors (Lipinski definition) is 4. The maximum atomic E-state index is 13.0. The van der Waals surface area contributed by atoms with Crippen molar-refractivity contribution in [2.75, 3.05) is 25.0 Å². The minimum atomic E-state index is -0.895. The van der Waals surface area contributed by atoms with E-state index in [2.05, 4.69) is 16.0 Å². The van der Waals surface area contributed by atoms with Crippen LogP contribution in [0.25, 0.3) is 0 Å². The summed E-state index contributed by atoms with van der Waals surface area (Å²) in [5.74, 6) is -0.337. The third kappa shape index (κ3) is 3.91. The standard InChI is InChI=1S/C14H20FN3O2/c1-10-7-11(15)3-4-12(10)18-13(19)17-9-14(20)5-2-6-16-8-14/h3-4,7,16,20H,2,5-6,8-9H2,1H3,(H2,17,18,19)/t14-/m1/s1. The van der Waals surface area contributed by atoms with Crippen molar-refractivity contribution >= 4 is 11.7 Å². The molecule has 1 saturated heterocycles. The van der Waals surface area contributed by atoms with Gasteiger partial charge in [-0.3, -0.25) is 0 Å². The lowest BCUT2D eigenvalue weighted by atomic mass is 9.94. The summed E-state index contributed by atoms with van der Waals surface area (Å²) in [6, 6.07) is 3.76. The summed E-state index contributed by atoms with van der Waals surface area (Å²) in [6.45, 7) is 3.27. The van der Waals surface area contributed by atoms with Crippen molar-refractivity contribution in [3.05, 3.63) is 29.6 Å². The van der Waals surface area contributed by atoms with Crippen LogP contribution in [-0.2, 0) is 0 Å². The van der Waals surface area contributed by atoms with Gasteiger partial charge >= 0.3 is 6.03 Å². The van der Waals surface area contributed by atoms with Crippen LogP contribution in [0, 0.1) is 12.7 Å². The number of rotatable bonds is 3. The van der Waals surface area contributed by atoms with Crippen LogP contribution in [-0.4, -0.2) is 36.4 Å². The van der Waals surface area contributed by atoms with Crippen molar-refractivity contribution in [1.29, 1.82) is 0 Å². The predicted octanol–water partition coefficient (Wildman–Crippen LogP) is 1.37. The van der Waals surface area contributed by atoms with Crippen LogP contribution in [0.15, 0.2) is 18.2 Å². The van der Waals surface area contributed by atoms with Gasteiger partial charge in [0.15, 0.2) is 0 Å². The second-order valence-corrected chi connectivity index (χ2v) is 5.27. The van der Waals surface area contributed by atoms with Crippen molar-refractivity contribution in [2.24, 2.45) is 0 Å². The van der Waals surface area contributed by atoms with E-state index < -0.39 is 11.6 Å². The molecular formula is C14H20FN3O2. The summed E-state index contributed by atoms with van der Waals surface area (Å²) in [4.78, 5) is 11.8. The number of carbonyl (C=O) groups is 1. The maximum absolute atomic E-state index is 13.0. The van der Waals surface area contributed by atoms with Gasteiger partial charge in [-0.15, -0.1) is 0 Å². The molecular weight excluding hydrogens is 261 g/mol. The van der Waals surface area contributed by atoms with Crippen molar-refractivity contribution in [3.8, 4) is 0 Å². The zero-order valence-electron chi connectivity index (χ0n) is 11.5. The number of aryl methyl sites for hydroxylation is 1. The highest BCUT2D eigenvalue weighted by Crippen LogP contribution is 2.16. The second-order valence-electron chi connectivity index (χ2n) is 5.27. The van der Waals surface area contributed by atoms with Crippen molar-refractivity contribution in [1.82, 2.24) is 10.6 Å². The van der Waals surface area contributed by atoms with E-state index in [-0.39, 0.29) is 12.4 Å². The zero-order chi connectivity index (χ0) is 14.6. The van der Waals surface area contributed by atoms with E-state index in [1.807, 2.05) is 0 Å². The molecule has 0 aromatic heterocycles. The van der Waals surface area contributed by atoms with E-state index in [4.69, 9.17) is 0 Å². The molecule has 2 amide bonds. The molecule has 110 valence electrons. The molecule has 6 heteroatoms. The van der Waals surface area contributed by atoms with E-state index in [1.54, 1.807) is 6.92 Å². The van der Waals surface area contributed by atoms with Crippen LogP contribution in [0.1, 0.15) is 18.4 Å². The minimum Gasteiger partial charge on any atom is -0.387 e. The molecule has 20 heavy (non-hydrogen) atoms. The highest BCUT2D eigenvalue weighted by atomic mass is 19.1. The Bertz CT molecular complexity index is 487. The highest BCUT2D eigenvalue weighted by Gasteiger charge is 2.29. The summed E-state index contributed by atoms with van der Waals surface area (Å²) >= 11 is 0. The first kappa shape index (κ1) is 14.7. The molecule has 0 unspecified atom stereocenters. The Hall–Kier alpha value is -1.66. The van der Waals surface area contributed by atoms with Crippen molar-refractivity contribution in [3.63, 3.8) is 0 Å². The number of aliphatic hydroxyl groups is 1. The minimum absolute atomic E-state index is 0.187. The van der Waals surface area contributed by atoms with Crippen LogP contribution in [0.3, 0.4) is 0 Å². The van der Waals surface area contributed by atoms with Crippen LogP contribution >= 0.6 is 0 Å². The van der Waals surface area contributed by atoms with Crippen molar-refractivity contribution < 1.29 is 14.3 Å². The zero-order valence-corrected chi connectivity index (χ0v) is 11.5. The Kier molecular flexibility index (Phi) is 4.57. The van der Waals surface area contributed by atoms with Gasteiger partial charge in [0, 0.05) is 18.8 Å². The summed E-state index contributed by atoms with van der Waals surface area (Å²) in [5, 5.41) is 18.6. The fourth-order valence-corrected chi connectivity index (χ4v) is 2.28. The van der Waals surface area contributed by atoms with E-state index in [0.29, 0.717) is 24.2 Å². The topological polar surface area (TPSA) is 73.4 Å². The number of anilines is 1. The second kappa shape index (κ2) is 6.19. The molecule has 0 radical (unpaired) electrons. The fourth-order valence-electron chi connectivity index (χ4n) is 2.28. The third-order valence-electron chi connectivity index (χ3n) is 3.46. The van der Waals surface area contributed by atoms with Gasteiger partial charge in [0.25, 0.3) is 0 Å². The van der Waals surface area contributed by atoms with Gasteiger partial charge in [0.2, 0.25) is 0 Å². The SMILES string of the molecule is Cc1cc(F)ccc1NC(=O)NC[C@@]1(O)CCCNC1. The normalized spacial score (nSPS) is 22.4. The molecule has 2 rings (SSSR count). The number of hydrogen-bond acceptors (Lipinski definition) is 3. The fraction of sp³-hybridized carbons (Fsp3) is 0.500. The van der Waals surface area contributed by atoms with Crippen LogP contribution in [0.4, 0.5) is 14.9 Å². The van der Waals surface area contributed by atoms with Gasteiger partial charge < -0.3 is 21.1 Å². The van der Waals surface area contributed by atoms with Crippen LogP contribution < -0.4 is 16.0 Å². The molecule has 5 nitrogen and oxygen atoms in total. The maximum Gasteiger partial charge on any atom is 0.319 e. The molecule has 0 bridgehead atoms. The van der Waals surface area contributed by atoms with E-state index in [0.717, 1.165) is 13.0 Å². The number of nitrogens with one attached hydrogen (secondary N) is 3. The predicted molar refractivity (Wildman–Crippen MR) is 75.2 cm³/mol. The Morgan fingerprint density at radius 2 is 2.35 bits per heavy atom. The molecule has 1 fully saturated rings. The first-order chi connectivity index (χ1) is 9.48. The largest absolute Gasteiger partial charge is 0.387 e. The number of benzene rings is 1. The molecule has 1 atom stereocenters. The first-order valence-electron chi connectivity index (χ1n) is 6.73. The average Bonchev–Trinajstić information content (AvgIpc) is 2.41. The summed E-state index contributed by atoms with van der Waals surface area (Å²) in [7, 11) is 0. The monoisotopic (exact) mass is 281 g/mol. The summed E-state index contributed by atoms with van der Waals surface area (Å²) < 4.78 is 13.0. The number of carbonyl (C=O) groups excluding carboxylic acids is 1. The number of piperidine rings is 1.